The summed E-state index contributed by atoms with van der Waals surface area (Å²) in [6.07, 6.45) is 0. The van der Waals surface area contributed by atoms with Crippen molar-refractivity contribution in [1.29, 1.82) is 0 Å². The minimum Gasteiger partial charge on any atom is -0.130 e. The molecule has 0 aliphatic rings. The Morgan fingerprint density at radius 3 is 2.12 bits per heavy atom. The van der Waals surface area contributed by atoms with Crippen molar-refractivity contribution in [3.05, 3.63) is 54.6 Å². The lowest BCUT2D eigenvalue weighted by Crippen LogP contribution is -2.44. The Morgan fingerprint density at radius 2 is 1.47 bits per heavy atom. The largest absolute Gasteiger partial charge is 0.130 e. The Hall–Kier alpha value is -1.05. The summed E-state index contributed by atoms with van der Waals surface area (Å²) in [5.41, 5.74) is 3.39. The molecule has 2 aromatic carbocycles. The van der Waals surface area contributed by atoms with Crippen LogP contribution in [-0.4, -0.2) is 13.6 Å². The highest BCUT2D eigenvalue weighted by Gasteiger charge is 2.24. The molecule has 0 unspecified atom stereocenters. The Balaban J connectivity index is 2.56. The molecule has 2 heteroatoms. The van der Waals surface area contributed by atoms with E-state index in [1.54, 1.807) is 0 Å². The fraction of sp³-hybridized carbons (Fsp3) is 0.200. The minimum absolute atomic E-state index is 0.761. The zero-order valence-electron chi connectivity index (χ0n) is 10.3. The minimum atomic E-state index is -1.52. The van der Waals surface area contributed by atoms with Crippen molar-refractivity contribution in [2.75, 3.05) is 5.50 Å². The van der Waals surface area contributed by atoms with Crippen LogP contribution in [0.3, 0.4) is 0 Å². The van der Waals surface area contributed by atoms with E-state index in [1.165, 1.54) is 16.3 Å². The Labute approximate surface area is 109 Å². The predicted molar refractivity (Wildman–Crippen MR) is 79.7 cm³/mol. The van der Waals surface area contributed by atoms with Gasteiger partial charge in [-0.15, -0.1) is 11.6 Å². The van der Waals surface area contributed by atoms with E-state index in [0.717, 1.165) is 5.50 Å². The lowest BCUT2D eigenvalue weighted by Gasteiger charge is -2.23. The van der Waals surface area contributed by atoms with E-state index in [-0.39, 0.29) is 0 Å². The highest BCUT2D eigenvalue weighted by molar-refractivity contribution is 6.94. The molecule has 0 nitrogen and oxygen atoms in total. The summed E-state index contributed by atoms with van der Waals surface area (Å²) in [5, 5.41) is 1.45. The average Bonchev–Trinajstić information content (AvgIpc) is 2.40. The molecule has 0 saturated carbocycles. The summed E-state index contributed by atoms with van der Waals surface area (Å²) in [5.74, 6) is 0. The Bertz CT molecular complexity index is 491. The van der Waals surface area contributed by atoms with Crippen molar-refractivity contribution < 1.29 is 0 Å². The van der Waals surface area contributed by atoms with Crippen LogP contribution >= 0.6 is 11.6 Å². The quantitative estimate of drug-likeness (QED) is 0.577. The maximum absolute atomic E-state index is 6.15. The zero-order valence-corrected chi connectivity index (χ0v) is 12.0. The number of halogens is 1. The molecule has 2 rings (SSSR count). The Morgan fingerprint density at radius 1 is 0.882 bits per heavy atom. The van der Waals surface area contributed by atoms with Crippen LogP contribution in [0.5, 0.6) is 0 Å². The van der Waals surface area contributed by atoms with Crippen LogP contribution in [0.4, 0.5) is 0 Å². The van der Waals surface area contributed by atoms with Crippen molar-refractivity contribution in [3.8, 4) is 11.1 Å². The first-order chi connectivity index (χ1) is 8.15. The summed E-state index contributed by atoms with van der Waals surface area (Å²) < 4.78 is 0. The van der Waals surface area contributed by atoms with Crippen molar-refractivity contribution in [3.63, 3.8) is 0 Å². The van der Waals surface area contributed by atoms with Crippen molar-refractivity contribution >= 4 is 24.9 Å². The summed E-state index contributed by atoms with van der Waals surface area (Å²) in [7, 11) is -1.52. The van der Waals surface area contributed by atoms with Gasteiger partial charge in [0.05, 0.1) is 8.07 Å². The van der Waals surface area contributed by atoms with Crippen LogP contribution in [-0.2, 0) is 0 Å². The lowest BCUT2D eigenvalue weighted by atomic mass is 10.1. The molecule has 0 bridgehead atoms. The molecule has 0 fully saturated rings. The number of benzene rings is 2. The molecular weight excluding hydrogens is 244 g/mol. The molecule has 0 saturated heterocycles. The van der Waals surface area contributed by atoms with Crippen LogP contribution in [0.15, 0.2) is 54.6 Å². The summed E-state index contributed by atoms with van der Waals surface area (Å²) in [6, 6.07) is 19.2. The van der Waals surface area contributed by atoms with E-state index in [2.05, 4.69) is 67.7 Å². The molecule has 0 aliphatic heterocycles. The topological polar surface area (TPSA) is 0 Å². The molecule has 0 atom stereocenters. The second kappa shape index (κ2) is 5.07. The lowest BCUT2D eigenvalue weighted by molar-refractivity contribution is 1.61. The SMILES string of the molecule is C[Si](C)(CCl)c1ccccc1-c1ccccc1. The van der Waals surface area contributed by atoms with Gasteiger partial charge in [0.15, 0.2) is 0 Å². The van der Waals surface area contributed by atoms with E-state index in [9.17, 15) is 0 Å². The first kappa shape index (κ1) is 12.4. The van der Waals surface area contributed by atoms with Gasteiger partial charge in [0.2, 0.25) is 0 Å². The molecular formula is C15H17ClSi. The van der Waals surface area contributed by atoms with Crippen LogP contribution < -0.4 is 5.19 Å². The van der Waals surface area contributed by atoms with Crippen LogP contribution in [0.2, 0.25) is 13.1 Å². The maximum Gasteiger partial charge on any atom is 0.0967 e. The van der Waals surface area contributed by atoms with Gasteiger partial charge in [-0.25, -0.2) is 0 Å². The van der Waals surface area contributed by atoms with Gasteiger partial charge < -0.3 is 0 Å². The fourth-order valence-corrected chi connectivity index (χ4v) is 4.09. The zero-order chi connectivity index (χ0) is 12.3. The van der Waals surface area contributed by atoms with Gasteiger partial charge >= 0.3 is 0 Å². The number of hydrogen-bond acceptors (Lipinski definition) is 0. The van der Waals surface area contributed by atoms with E-state index in [1.807, 2.05) is 0 Å². The van der Waals surface area contributed by atoms with Crippen LogP contribution in [0.25, 0.3) is 11.1 Å². The summed E-state index contributed by atoms with van der Waals surface area (Å²) in [6.45, 7) is 4.64. The van der Waals surface area contributed by atoms with Crippen LogP contribution in [0, 0.1) is 0 Å². The molecule has 0 spiro atoms. The van der Waals surface area contributed by atoms with E-state index in [4.69, 9.17) is 11.6 Å². The Kier molecular flexibility index (Phi) is 3.70. The maximum atomic E-state index is 6.15. The number of hydrogen-bond donors (Lipinski definition) is 0. The number of rotatable bonds is 3. The van der Waals surface area contributed by atoms with Crippen molar-refractivity contribution in [2.45, 2.75) is 13.1 Å². The van der Waals surface area contributed by atoms with Gasteiger partial charge in [-0.2, -0.15) is 0 Å². The third-order valence-corrected chi connectivity index (χ3v) is 7.64. The van der Waals surface area contributed by atoms with Gasteiger partial charge in [-0.3, -0.25) is 0 Å². The highest BCUT2D eigenvalue weighted by Crippen LogP contribution is 2.20. The average molecular weight is 261 g/mol. The second-order valence-corrected chi connectivity index (χ2v) is 10.3. The third-order valence-electron chi connectivity index (χ3n) is 3.08. The monoisotopic (exact) mass is 260 g/mol. The molecule has 0 aromatic heterocycles. The van der Waals surface area contributed by atoms with Crippen molar-refractivity contribution in [1.82, 2.24) is 0 Å². The van der Waals surface area contributed by atoms with E-state index >= 15 is 0 Å². The molecule has 2 aromatic rings. The molecule has 17 heavy (non-hydrogen) atoms. The van der Waals surface area contributed by atoms with Gasteiger partial charge in [0, 0.05) is 5.50 Å². The first-order valence-corrected chi connectivity index (χ1v) is 9.60. The molecule has 0 radical (unpaired) electrons. The molecule has 0 aliphatic carbocycles. The van der Waals surface area contributed by atoms with Crippen molar-refractivity contribution in [2.24, 2.45) is 0 Å². The first-order valence-electron chi connectivity index (χ1n) is 5.86. The summed E-state index contributed by atoms with van der Waals surface area (Å²) in [4.78, 5) is 0. The molecule has 0 N–H and O–H groups in total. The normalized spacial score (nSPS) is 11.5. The fourth-order valence-electron chi connectivity index (χ4n) is 2.01. The van der Waals surface area contributed by atoms with Gasteiger partial charge in [0.1, 0.15) is 0 Å². The molecule has 0 amide bonds. The molecule has 88 valence electrons. The van der Waals surface area contributed by atoms with E-state index < -0.39 is 8.07 Å². The van der Waals surface area contributed by atoms with Gasteiger partial charge in [-0.05, 0) is 11.1 Å². The smallest absolute Gasteiger partial charge is 0.0967 e. The molecule has 0 heterocycles. The predicted octanol–water partition coefficient (Wildman–Crippen LogP) is 4.05. The van der Waals surface area contributed by atoms with E-state index in [0.29, 0.717) is 0 Å². The van der Waals surface area contributed by atoms with Gasteiger partial charge in [-0.1, -0.05) is 72.9 Å². The third kappa shape index (κ3) is 2.62. The number of alkyl halides is 1. The van der Waals surface area contributed by atoms with Gasteiger partial charge in [0.25, 0.3) is 0 Å². The summed E-state index contributed by atoms with van der Waals surface area (Å²) >= 11 is 6.15. The standard InChI is InChI=1S/C15H17ClSi/c1-17(2,12-16)15-11-7-6-10-14(15)13-8-4-3-5-9-13/h3-11H,12H2,1-2H3. The second-order valence-electron chi connectivity index (χ2n) is 4.93. The van der Waals surface area contributed by atoms with Crippen LogP contribution in [0.1, 0.15) is 0 Å². The highest BCUT2D eigenvalue weighted by atomic mass is 35.5.